The first-order chi connectivity index (χ1) is 5.20. The Morgan fingerprint density at radius 1 is 1.25 bits per heavy atom. The highest BCUT2D eigenvalue weighted by Gasteiger charge is 2.16. The molecule has 0 aliphatic rings. The molecule has 0 aromatic heterocycles. The Morgan fingerprint density at radius 3 is 1.92 bits per heavy atom. The van der Waals surface area contributed by atoms with Gasteiger partial charge in [-0.1, -0.05) is 7.43 Å². The fraction of sp³-hybridized carbons (Fsp3) is 0.857. The highest BCUT2D eigenvalue weighted by Crippen LogP contribution is 1.92. The van der Waals surface area contributed by atoms with Crippen LogP contribution in [0.25, 0.3) is 0 Å². The van der Waals surface area contributed by atoms with Crippen molar-refractivity contribution in [2.45, 2.75) is 28.2 Å². The van der Waals surface area contributed by atoms with Gasteiger partial charge in [0.25, 0.3) is 5.97 Å². The third-order valence-electron chi connectivity index (χ3n) is 0.868. The van der Waals surface area contributed by atoms with Crippen molar-refractivity contribution in [2.75, 3.05) is 13.2 Å². The van der Waals surface area contributed by atoms with Gasteiger partial charge in [-0.25, -0.2) is 0 Å². The predicted octanol–water partition coefficient (Wildman–Crippen LogP) is 0.976. The van der Waals surface area contributed by atoms with Crippen LogP contribution in [0.5, 0.6) is 0 Å². The minimum atomic E-state index is -2.14. The lowest BCUT2D eigenvalue weighted by Gasteiger charge is -2.12. The van der Waals surface area contributed by atoms with Crippen LogP contribution in [0, 0.1) is 0 Å². The van der Waals surface area contributed by atoms with E-state index < -0.39 is 9.53 Å². The lowest BCUT2D eigenvalue weighted by Crippen LogP contribution is -2.29. The van der Waals surface area contributed by atoms with E-state index in [2.05, 4.69) is 0 Å². The molecule has 0 aromatic rings. The zero-order valence-corrected chi connectivity index (χ0v) is 8.28. The summed E-state index contributed by atoms with van der Waals surface area (Å²) in [5.41, 5.74) is 0. The first-order valence-corrected chi connectivity index (χ1v) is 5.02. The average molecular weight is 194 g/mol. The van der Waals surface area contributed by atoms with Crippen LogP contribution in [0.2, 0.25) is 0 Å². The van der Waals surface area contributed by atoms with E-state index in [0.29, 0.717) is 13.2 Å². The number of carbonyl (C=O) groups excluding carboxylic acids is 1. The molecular formula is C7H18O4Si. The fourth-order valence-corrected chi connectivity index (χ4v) is 1.57. The Kier molecular flexibility index (Phi) is 10.3. The standard InChI is InChI=1S/C6H14O4Si.CH4/c1-4-8-11(9-5-2)10-6(3)7;/h11H,4-5H2,1-3H3;1H4. The van der Waals surface area contributed by atoms with Crippen LogP contribution in [0.3, 0.4) is 0 Å². The molecule has 0 aliphatic carbocycles. The van der Waals surface area contributed by atoms with Crippen molar-refractivity contribution in [2.24, 2.45) is 0 Å². The van der Waals surface area contributed by atoms with Gasteiger partial charge in [0.05, 0.1) is 0 Å². The Labute approximate surface area is 75.8 Å². The molecule has 0 bridgehead atoms. The molecule has 0 atom stereocenters. The maximum Gasteiger partial charge on any atom is 0.551 e. The summed E-state index contributed by atoms with van der Waals surface area (Å²) in [4.78, 5) is 10.5. The smallest absolute Gasteiger partial charge is 0.476 e. The van der Waals surface area contributed by atoms with Crippen molar-refractivity contribution < 1.29 is 18.1 Å². The Hall–Kier alpha value is -0.393. The fourth-order valence-electron chi connectivity index (χ4n) is 0.524. The molecule has 0 saturated heterocycles. The molecule has 12 heavy (non-hydrogen) atoms. The molecule has 0 fully saturated rings. The van der Waals surface area contributed by atoms with Crippen molar-refractivity contribution in [3.63, 3.8) is 0 Å². The SMILES string of the molecule is C.CCO[SiH](OCC)OC(C)=O. The van der Waals surface area contributed by atoms with Crippen LogP contribution in [-0.4, -0.2) is 28.7 Å². The van der Waals surface area contributed by atoms with E-state index in [1.54, 1.807) is 0 Å². The second-order valence-corrected chi connectivity index (χ2v) is 3.29. The van der Waals surface area contributed by atoms with Crippen molar-refractivity contribution in [3.8, 4) is 0 Å². The molecular weight excluding hydrogens is 176 g/mol. The lowest BCUT2D eigenvalue weighted by atomic mass is 10.9. The largest absolute Gasteiger partial charge is 0.551 e. The zero-order valence-electron chi connectivity index (χ0n) is 7.12. The number of hydrogen-bond acceptors (Lipinski definition) is 4. The van der Waals surface area contributed by atoms with Crippen LogP contribution in [0.1, 0.15) is 28.2 Å². The molecule has 0 heterocycles. The van der Waals surface area contributed by atoms with Gasteiger partial charge in [-0.2, -0.15) is 0 Å². The average Bonchev–Trinajstić information content (AvgIpc) is 1.87. The summed E-state index contributed by atoms with van der Waals surface area (Å²) in [5.74, 6) is -0.344. The van der Waals surface area contributed by atoms with Crippen LogP contribution in [-0.2, 0) is 18.1 Å². The second kappa shape index (κ2) is 8.70. The Balaban J connectivity index is 0. The van der Waals surface area contributed by atoms with Crippen LogP contribution in [0.4, 0.5) is 0 Å². The molecule has 0 unspecified atom stereocenters. The van der Waals surface area contributed by atoms with Gasteiger partial charge in [0.1, 0.15) is 0 Å². The topological polar surface area (TPSA) is 44.8 Å². The third-order valence-corrected chi connectivity index (χ3v) is 2.60. The zero-order chi connectivity index (χ0) is 8.69. The number of rotatable bonds is 5. The van der Waals surface area contributed by atoms with Crippen LogP contribution >= 0.6 is 0 Å². The van der Waals surface area contributed by atoms with Crippen molar-refractivity contribution in [1.29, 1.82) is 0 Å². The van der Waals surface area contributed by atoms with E-state index in [1.165, 1.54) is 6.92 Å². The van der Waals surface area contributed by atoms with E-state index in [9.17, 15) is 4.79 Å². The van der Waals surface area contributed by atoms with Crippen LogP contribution < -0.4 is 0 Å². The predicted molar refractivity (Wildman–Crippen MR) is 48.9 cm³/mol. The molecule has 0 amide bonds. The van der Waals surface area contributed by atoms with Crippen LogP contribution in [0.15, 0.2) is 0 Å². The molecule has 4 nitrogen and oxygen atoms in total. The summed E-state index contributed by atoms with van der Waals surface area (Å²) < 4.78 is 14.9. The maximum atomic E-state index is 10.5. The van der Waals surface area contributed by atoms with Gasteiger partial charge in [0, 0.05) is 20.1 Å². The molecule has 0 rings (SSSR count). The monoisotopic (exact) mass is 194 g/mol. The molecule has 0 aromatic carbocycles. The highest BCUT2D eigenvalue weighted by atomic mass is 28.3. The maximum absolute atomic E-state index is 10.5. The summed E-state index contributed by atoms with van der Waals surface area (Å²) in [6.45, 7) is 6.05. The molecule has 5 heteroatoms. The normalized spacial score (nSPS) is 9.33. The second-order valence-electron chi connectivity index (χ2n) is 1.81. The van der Waals surface area contributed by atoms with Crippen molar-refractivity contribution in [3.05, 3.63) is 0 Å². The van der Waals surface area contributed by atoms with Gasteiger partial charge in [0.2, 0.25) is 0 Å². The van der Waals surface area contributed by atoms with Gasteiger partial charge in [-0.15, -0.1) is 0 Å². The van der Waals surface area contributed by atoms with Gasteiger partial charge < -0.3 is 13.3 Å². The lowest BCUT2D eigenvalue weighted by molar-refractivity contribution is -0.135. The molecule has 0 saturated carbocycles. The molecule has 0 N–H and O–H groups in total. The summed E-state index contributed by atoms with van der Waals surface area (Å²) in [7, 11) is -2.14. The van der Waals surface area contributed by atoms with E-state index >= 15 is 0 Å². The van der Waals surface area contributed by atoms with Gasteiger partial charge >= 0.3 is 9.53 Å². The Morgan fingerprint density at radius 2 is 1.67 bits per heavy atom. The first kappa shape index (κ1) is 14.1. The minimum absolute atomic E-state index is 0. The number of carbonyl (C=O) groups is 1. The summed E-state index contributed by atoms with van der Waals surface area (Å²) in [6, 6.07) is 0. The molecule has 74 valence electrons. The van der Waals surface area contributed by atoms with E-state index in [-0.39, 0.29) is 13.4 Å². The van der Waals surface area contributed by atoms with E-state index in [4.69, 9.17) is 13.3 Å². The van der Waals surface area contributed by atoms with E-state index in [0.717, 1.165) is 0 Å². The van der Waals surface area contributed by atoms with Gasteiger partial charge in [-0.05, 0) is 13.8 Å². The van der Waals surface area contributed by atoms with Crippen molar-refractivity contribution >= 4 is 15.5 Å². The Bertz CT molecular complexity index is 112. The summed E-state index contributed by atoms with van der Waals surface area (Å²) in [6.07, 6.45) is 0. The first-order valence-electron chi connectivity index (χ1n) is 3.61. The number of hydrogen-bond donors (Lipinski definition) is 0. The van der Waals surface area contributed by atoms with E-state index in [1.807, 2.05) is 13.8 Å². The molecule has 0 spiro atoms. The van der Waals surface area contributed by atoms with Gasteiger partial charge in [0.15, 0.2) is 0 Å². The molecule has 0 radical (unpaired) electrons. The summed E-state index contributed by atoms with van der Waals surface area (Å²) >= 11 is 0. The van der Waals surface area contributed by atoms with Crippen molar-refractivity contribution in [1.82, 2.24) is 0 Å². The minimum Gasteiger partial charge on any atom is -0.476 e. The third kappa shape index (κ3) is 7.71. The highest BCUT2D eigenvalue weighted by molar-refractivity contribution is 6.39. The molecule has 0 aliphatic heterocycles. The van der Waals surface area contributed by atoms with Gasteiger partial charge in [-0.3, -0.25) is 4.79 Å². The summed E-state index contributed by atoms with van der Waals surface area (Å²) in [5, 5.41) is 0. The quantitative estimate of drug-likeness (QED) is 0.612.